The zero-order valence-corrected chi connectivity index (χ0v) is 11.7. The minimum atomic E-state index is -5.33. The van der Waals surface area contributed by atoms with Gasteiger partial charge in [-0.1, -0.05) is 0 Å². The Morgan fingerprint density at radius 3 is 2.12 bits per heavy atom. The number of alkyl halides is 6. The standard InChI is InChI=1S/C11H9F6N3O4/c1-23-8-3(10(12,13)14)2-4(18)5(20-8)9(22)24-6(7(19)21)11(15,16)17/h2,6H,18H2,1H3,(H2,19,21). The van der Waals surface area contributed by atoms with Gasteiger partial charge in [-0.3, -0.25) is 4.79 Å². The smallest absolute Gasteiger partial charge is 0.434 e. The summed E-state index contributed by atoms with van der Waals surface area (Å²) in [5, 5.41) is 0. The minimum Gasteiger partial charge on any atom is -0.481 e. The Bertz CT molecular complexity index is 658. The third-order valence-corrected chi connectivity index (χ3v) is 2.49. The summed E-state index contributed by atoms with van der Waals surface area (Å²) in [7, 11) is 0.783. The summed E-state index contributed by atoms with van der Waals surface area (Å²) < 4.78 is 83.9. The number of pyridine rings is 1. The first-order valence-electron chi connectivity index (χ1n) is 5.77. The van der Waals surface area contributed by atoms with Gasteiger partial charge in [0.2, 0.25) is 5.88 Å². The number of carbonyl (C=O) groups is 2. The molecule has 1 unspecified atom stereocenters. The van der Waals surface area contributed by atoms with Crippen molar-refractivity contribution in [1.29, 1.82) is 0 Å². The predicted octanol–water partition coefficient (Wildman–Crippen LogP) is 1.26. The van der Waals surface area contributed by atoms with E-state index in [-0.39, 0.29) is 6.07 Å². The molecule has 0 aliphatic heterocycles. The second-order valence-electron chi connectivity index (χ2n) is 4.21. The molecule has 0 bridgehead atoms. The quantitative estimate of drug-likeness (QED) is 0.616. The molecule has 1 heterocycles. The van der Waals surface area contributed by atoms with Gasteiger partial charge in [0.25, 0.3) is 12.0 Å². The summed E-state index contributed by atoms with van der Waals surface area (Å²) in [5.41, 5.74) is 6.16. The summed E-state index contributed by atoms with van der Waals surface area (Å²) in [6.07, 6.45) is -13.6. The van der Waals surface area contributed by atoms with Crippen LogP contribution in [0.3, 0.4) is 0 Å². The first-order chi connectivity index (χ1) is 10.8. The molecule has 1 aromatic heterocycles. The van der Waals surface area contributed by atoms with Crippen LogP contribution in [0.1, 0.15) is 16.1 Å². The molecule has 0 aliphatic carbocycles. The Kier molecular flexibility index (Phi) is 5.16. The Labute approximate surface area is 129 Å². The van der Waals surface area contributed by atoms with Crippen LogP contribution in [-0.4, -0.2) is 36.3 Å². The van der Waals surface area contributed by atoms with Crippen molar-refractivity contribution in [3.05, 3.63) is 17.3 Å². The fourth-order valence-electron chi connectivity index (χ4n) is 1.48. The highest BCUT2D eigenvalue weighted by Gasteiger charge is 2.48. The highest BCUT2D eigenvalue weighted by molar-refractivity contribution is 5.95. The maximum atomic E-state index is 12.7. The third kappa shape index (κ3) is 4.17. The fourth-order valence-corrected chi connectivity index (χ4v) is 1.48. The molecule has 24 heavy (non-hydrogen) atoms. The number of nitrogens with two attached hydrogens (primary N) is 2. The van der Waals surface area contributed by atoms with Gasteiger partial charge in [0.15, 0.2) is 5.69 Å². The number of hydrogen-bond acceptors (Lipinski definition) is 6. The Hall–Kier alpha value is -2.73. The second-order valence-corrected chi connectivity index (χ2v) is 4.21. The van der Waals surface area contributed by atoms with Crippen molar-refractivity contribution >= 4 is 17.6 Å². The molecule has 7 nitrogen and oxygen atoms in total. The molecule has 1 atom stereocenters. The number of carbonyl (C=O) groups excluding carboxylic acids is 2. The molecule has 0 spiro atoms. The molecule has 1 rings (SSSR count). The van der Waals surface area contributed by atoms with E-state index >= 15 is 0 Å². The zero-order valence-electron chi connectivity index (χ0n) is 11.7. The van der Waals surface area contributed by atoms with Gasteiger partial charge in [0.05, 0.1) is 12.8 Å². The van der Waals surface area contributed by atoms with Crippen molar-refractivity contribution in [2.75, 3.05) is 12.8 Å². The van der Waals surface area contributed by atoms with Crippen LogP contribution in [0, 0.1) is 0 Å². The molecule has 13 heteroatoms. The molecule has 0 aliphatic rings. The van der Waals surface area contributed by atoms with Crippen LogP contribution in [0.5, 0.6) is 5.88 Å². The average Bonchev–Trinajstić information content (AvgIpc) is 2.41. The van der Waals surface area contributed by atoms with Crippen LogP contribution in [0.15, 0.2) is 6.07 Å². The van der Waals surface area contributed by atoms with Crippen molar-refractivity contribution in [2.24, 2.45) is 5.73 Å². The molecule has 0 fully saturated rings. The first kappa shape index (κ1) is 19.3. The molecule has 0 radical (unpaired) electrons. The number of aromatic nitrogens is 1. The number of anilines is 1. The molecule has 1 amide bonds. The van der Waals surface area contributed by atoms with E-state index in [1.54, 1.807) is 0 Å². The fraction of sp³-hybridized carbons (Fsp3) is 0.364. The van der Waals surface area contributed by atoms with Gasteiger partial charge in [-0.25, -0.2) is 9.78 Å². The maximum absolute atomic E-state index is 12.7. The minimum absolute atomic E-state index is 0.231. The Morgan fingerprint density at radius 1 is 1.21 bits per heavy atom. The van der Waals surface area contributed by atoms with Gasteiger partial charge in [-0.2, -0.15) is 26.3 Å². The number of hydrogen-bond donors (Lipinski definition) is 2. The molecule has 1 aromatic rings. The van der Waals surface area contributed by atoms with Gasteiger partial charge < -0.3 is 20.9 Å². The number of ether oxygens (including phenoxy) is 2. The van der Waals surface area contributed by atoms with E-state index in [1.165, 1.54) is 0 Å². The number of nitrogens with zero attached hydrogens (tertiary/aromatic N) is 1. The lowest BCUT2D eigenvalue weighted by atomic mass is 10.2. The summed E-state index contributed by atoms with van der Waals surface area (Å²) >= 11 is 0. The summed E-state index contributed by atoms with van der Waals surface area (Å²) in [6, 6.07) is 0.231. The lowest BCUT2D eigenvalue weighted by Gasteiger charge is -2.18. The van der Waals surface area contributed by atoms with Crippen LogP contribution >= 0.6 is 0 Å². The van der Waals surface area contributed by atoms with E-state index in [4.69, 9.17) is 5.73 Å². The number of amides is 1. The summed E-state index contributed by atoms with van der Waals surface area (Å²) in [6.45, 7) is 0. The first-order valence-corrected chi connectivity index (χ1v) is 5.77. The van der Waals surface area contributed by atoms with Crippen molar-refractivity contribution < 1.29 is 45.4 Å². The number of esters is 1. The molecule has 4 N–H and O–H groups in total. The highest BCUT2D eigenvalue weighted by atomic mass is 19.4. The van der Waals surface area contributed by atoms with Crippen LogP contribution in [-0.2, 0) is 15.7 Å². The number of nitrogen functional groups attached to an aromatic ring is 1. The topological polar surface area (TPSA) is 118 Å². The van der Waals surface area contributed by atoms with E-state index in [0.29, 0.717) is 0 Å². The zero-order chi connectivity index (χ0) is 18.9. The molecular formula is C11H9F6N3O4. The van der Waals surface area contributed by atoms with Crippen LogP contribution in [0.4, 0.5) is 32.0 Å². The Balaban J connectivity index is 3.27. The number of primary amides is 1. The van der Waals surface area contributed by atoms with Gasteiger partial charge in [0, 0.05) is 0 Å². The van der Waals surface area contributed by atoms with E-state index < -0.39 is 53.2 Å². The summed E-state index contributed by atoms with van der Waals surface area (Å²) in [4.78, 5) is 25.4. The molecule has 0 aromatic carbocycles. The lowest BCUT2D eigenvalue weighted by Crippen LogP contribution is -2.44. The SMILES string of the molecule is COc1nc(C(=O)OC(C(N)=O)C(F)(F)F)c(N)cc1C(F)(F)F. The van der Waals surface area contributed by atoms with Crippen molar-refractivity contribution in [3.8, 4) is 5.88 Å². The monoisotopic (exact) mass is 361 g/mol. The molecular weight excluding hydrogens is 352 g/mol. The maximum Gasteiger partial charge on any atom is 0.434 e. The van der Waals surface area contributed by atoms with Crippen molar-refractivity contribution in [3.63, 3.8) is 0 Å². The molecule has 134 valence electrons. The average molecular weight is 361 g/mol. The second kappa shape index (κ2) is 6.41. The number of methoxy groups -OCH3 is 1. The van der Waals surface area contributed by atoms with Crippen molar-refractivity contribution in [1.82, 2.24) is 4.98 Å². The van der Waals surface area contributed by atoms with Crippen LogP contribution < -0.4 is 16.2 Å². The third-order valence-electron chi connectivity index (χ3n) is 2.49. The van der Waals surface area contributed by atoms with E-state index in [0.717, 1.165) is 7.11 Å². The highest BCUT2D eigenvalue weighted by Crippen LogP contribution is 2.37. The van der Waals surface area contributed by atoms with Crippen molar-refractivity contribution in [2.45, 2.75) is 18.5 Å². The van der Waals surface area contributed by atoms with Gasteiger partial charge in [-0.05, 0) is 6.07 Å². The Morgan fingerprint density at radius 2 is 1.75 bits per heavy atom. The number of halogens is 6. The van der Waals surface area contributed by atoms with Gasteiger partial charge >= 0.3 is 18.3 Å². The number of rotatable bonds is 4. The largest absolute Gasteiger partial charge is 0.481 e. The van der Waals surface area contributed by atoms with E-state index in [9.17, 15) is 35.9 Å². The van der Waals surface area contributed by atoms with Crippen LogP contribution in [0.2, 0.25) is 0 Å². The lowest BCUT2D eigenvalue weighted by molar-refractivity contribution is -0.204. The normalized spacial score (nSPS) is 13.3. The molecule has 0 saturated heterocycles. The molecule has 0 saturated carbocycles. The van der Waals surface area contributed by atoms with E-state index in [2.05, 4.69) is 20.2 Å². The van der Waals surface area contributed by atoms with Gasteiger partial charge in [0.1, 0.15) is 5.56 Å². The van der Waals surface area contributed by atoms with Crippen LogP contribution in [0.25, 0.3) is 0 Å². The van der Waals surface area contributed by atoms with E-state index in [1.807, 2.05) is 0 Å². The summed E-state index contributed by atoms with van der Waals surface area (Å²) in [5.74, 6) is -5.06. The van der Waals surface area contributed by atoms with Gasteiger partial charge in [-0.15, -0.1) is 0 Å². The predicted molar refractivity (Wildman–Crippen MR) is 64.7 cm³/mol.